The first-order valence-corrected chi connectivity index (χ1v) is 12.7. The Morgan fingerprint density at radius 3 is 1.74 bits per heavy atom. The van der Waals surface area contributed by atoms with E-state index in [1.807, 2.05) is 24.3 Å². The molecule has 0 bridgehead atoms. The minimum absolute atomic E-state index is 0.0226. The van der Waals surface area contributed by atoms with Gasteiger partial charge in [-0.05, 0) is 18.9 Å². The predicted molar refractivity (Wildman–Crippen MR) is 140 cm³/mol. The molecule has 0 aromatic rings. The van der Waals surface area contributed by atoms with Crippen LogP contribution in [0.4, 0.5) is 0 Å². The third kappa shape index (κ3) is 19.2. The number of quaternary nitrogens is 1. The Morgan fingerprint density at radius 1 is 0.765 bits per heavy atom. The van der Waals surface area contributed by atoms with Crippen molar-refractivity contribution in [2.75, 3.05) is 27.7 Å². The number of rotatable bonds is 20. The van der Waals surface area contributed by atoms with Crippen LogP contribution in [0.5, 0.6) is 0 Å². The van der Waals surface area contributed by atoms with E-state index < -0.39 is 23.8 Å². The summed E-state index contributed by atoms with van der Waals surface area (Å²) in [5.74, 6) is -2.10. The monoisotopic (exact) mass is 473 g/mol. The van der Waals surface area contributed by atoms with Crippen LogP contribution < -0.4 is 5.11 Å². The number of hydrogen-bond acceptors (Lipinski definition) is 4. The number of aliphatic carboxylic acids is 1. The van der Waals surface area contributed by atoms with Gasteiger partial charge >= 0.3 is 0 Å². The molecule has 5 nitrogen and oxygen atoms in total. The van der Waals surface area contributed by atoms with Crippen molar-refractivity contribution in [1.82, 2.24) is 0 Å². The van der Waals surface area contributed by atoms with Gasteiger partial charge in [0.1, 0.15) is 6.54 Å². The molecule has 0 aromatic carbocycles. The first-order valence-electron chi connectivity index (χ1n) is 12.7. The number of aliphatic hydroxyl groups is 1. The number of carbonyl (C=O) groups is 2. The number of carboxylic acid groups (broad SMARTS) is 1. The van der Waals surface area contributed by atoms with Gasteiger partial charge in [-0.15, -0.1) is 0 Å². The zero-order valence-corrected chi connectivity index (χ0v) is 21.9. The summed E-state index contributed by atoms with van der Waals surface area (Å²) < 4.78 is 0.252. The van der Waals surface area contributed by atoms with Crippen LogP contribution in [0.25, 0.3) is 0 Å². The molecule has 5 heteroatoms. The van der Waals surface area contributed by atoms with E-state index in [4.69, 9.17) is 0 Å². The fraction of sp³-hybridized carbons (Fsp3) is 0.586. The minimum Gasteiger partial charge on any atom is -0.550 e. The van der Waals surface area contributed by atoms with Gasteiger partial charge in [-0.2, -0.15) is 0 Å². The molecule has 0 fully saturated rings. The van der Waals surface area contributed by atoms with E-state index in [0.717, 1.165) is 6.42 Å². The van der Waals surface area contributed by atoms with Crippen molar-refractivity contribution < 1.29 is 24.3 Å². The van der Waals surface area contributed by atoms with Crippen molar-refractivity contribution in [3.63, 3.8) is 0 Å². The molecule has 0 saturated carbocycles. The van der Waals surface area contributed by atoms with Crippen LogP contribution in [0.15, 0.2) is 60.8 Å². The van der Waals surface area contributed by atoms with Gasteiger partial charge in [0, 0.05) is 12.4 Å². The fourth-order valence-corrected chi connectivity index (χ4v) is 3.68. The van der Waals surface area contributed by atoms with Gasteiger partial charge in [0.25, 0.3) is 0 Å². The van der Waals surface area contributed by atoms with E-state index in [0.29, 0.717) is 0 Å². The average Bonchev–Trinajstić information content (AvgIpc) is 2.73. The number of nitrogens with zero attached hydrogens (tertiary/aromatic N) is 1. The second kappa shape index (κ2) is 19.1. The Kier molecular flexibility index (Phi) is 17.8. The smallest absolute Gasteiger partial charge is 0.193 e. The molecule has 0 radical (unpaired) electrons. The van der Waals surface area contributed by atoms with E-state index in [2.05, 4.69) is 19.1 Å². The molecule has 0 aliphatic heterocycles. The SMILES string of the molecule is CCCCCCCCCCCC=CC=CC=CC=CC=CC(=O)C(O)(CC(=O)[O-])C[N+](C)(C)C. The second-order valence-corrected chi connectivity index (χ2v) is 9.95. The molecule has 0 aliphatic carbocycles. The lowest BCUT2D eigenvalue weighted by Crippen LogP contribution is -2.55. The van der Waals surface area contributed by atoms with E-state index in [-0.39, 0.29) is 11.0 Å². The highest BCUT2D eigenvalue weighted by Crippen LogP contribution is 2.16. The van der Waals surface area contributed by atoms with Crippen LogP contribution in [0, 0.1) is 0 Å². The van der Waals surface area contributed by atoms with E-state index in [9.17, 15) is 19.8 Å². The quantitative estimate of drug-likeness (QED) is 0.119. The average molecular weight is 474 g/mol. The van der Waals surface area contributed by atoms with Gasteiger partial charge in [-0.3, -0.25) is 4.79 Å². The normalized spacial score (nSPS) is 14.9. The Hall–Kier alpha value is -2.24. The highest BCUT2D eigenvalue weighted by Gasteiger charge is 2.39. The number of carbonyl (C=O) groups excluding carboxylic acids is 2. The Morgan fingerprint density at radius 2 is 1.24 bits per heavy atom. The molecule has 0 rings (SSSR count). The third-order valence-electron chi connectivity index (χ3n) is 5.27. The van der Waals surface area contributed by atoms with Crippen molar-refractivity contribution in [3.05, 3.63) is 60.8 Å². The maximum atomic E-state index is 12.4. The van der Waals surface area contributed by atoms with E-state index >= 15 is 0 Å². The predicted octanol–water partition coefficient (Wildman–Crippen LogP) is 4.83. The molecule has 0 amide bonds. The highest BCUT2D eigenvalue weighted by molar-refractivity contribution is 5.99. The molecule has 0 aromatic heterocycles. The zero-order chi connectivity index (χ0) is 25.7. The van der Waals surface area contributed by atoms with Crippen LogP contribution in [0.2, 0.25) is 0 Å². The molecular formula is C29H47NO4. The minimum atomic E-state index is -1.99. The van der Waals surface area contributed by atoms with Gasteiger partial charge in [-0.1, -0.05) is 113 Å². The van der Waals surface area contributed by atoms with Crippen LogP contribution in [0.1, 0.15) is 77.6 Å². The number of unbranched alkanes of at least 4 members (excludes halogenated alkanes) is 9. The van der Waals surface area contributed by atoms with Crippen molar-refractivity contribution in [1.29, 1.82) is 0 Å². The summed E-state index contributed by atoms with van der Waals surface area (Å²) in [6.45, 7) is 2.23. The number of likely N-dealkylation sites (N-methyl/N-ethyl adjacent to an activating group) is 1. The van der Waals surface area contributed by atoms with Gasteiger partial charge in [0.05, 0.1) is 21.1 Å². The summed E-state index contributed by atoms with van der Waals surface area (Å²) in [6, 6.07) is 0. The van der Waals surface area contributed by atoms with E-state index in [1.54, 1.807) is 33.3 Å². The molecule has 1 N–H and O–H groups in total. The number of hydrogen-bond donors (Lipinski definition) is 1. The fourth-order valence-electron chi connectivity index (χ4n) is 3.68. The highest BCUT2D eigenvalue weighted by atomic mass is 16.4. The third-order valence-corrected chi connectivity index (χ3v) is 5.27. The van der Waals surface area contributed by atoms with Crippen LogP contribution in [-0.2, 0) is 9.59 Å². The molecular weight excluding hydrogens is 426 g/mol. The molecule has 192 valence electrons. The molecule has 0 spiro atoms. The van der Waals surface area contributed by atoms with Crippen LogP contribution in [-0.4, -0.2) is 54.6 Å². The van der Waals surface area contributed by atoms with Crippen molar-refractivity contribution in [2.45, 2.75) is 83.2 Å². The lowest BCUT2D eigenvalue weighted by atomic mass is 9.92. The summed E-state index contributed by atoms with van der Waals surface area (Å²) >= 11 is 0. The van der Waals surface area contributed by atoms with Crippen molar-refractivity contribution >= 4 is 11.8 Å². The number of ketones is 1. The van der Waals surface area contributed by atoms with Gasteiger partial charge < -0.3 is 19.5 Å². The molecule has 1 unspecified atom stereocenters. The van der Waals surface area contributed by atoms with Crippen LogP contribution >= 0.6 is 0 Å². The number of allylic oxidation sites excluding steroid dienone is 9. The zero-order valence-electron chi connectivity index (χ0n) is 21.9. The summed E-state index contributed by atoms with van der Waals surface area (Å²) in [4.78, 5) is 23.3. The molecule has 34 heavy (non-hydrogen) atoms. The first kappa shape index (κ1) is 31.8. The van der Waals surface area contributed by atoms with Crippen molar-refractivity contribution in [2.24, 2.45) is 0 Å². The standard InChI is InChI=1S/C29H47NO4/c1-5-6-7-8-9-10-11-12-13-14-15-16-17-18-19-20-21-22-23-24-27(31)29(34,25-28(32)33)26-30(2,3)4/h15-24,34H,5-14,25-26H2,1-4H3. The lowest BCUT2D eigenvalue weighted by Gasteiger charge is -2.34. The summed E-state index contributed by atoms with van der Waals surface area (Å²) in [5, 5.41) is 21.5. The van der Waals surface area contributed by atoms with E-state index in [1.165, 1.54) is 69.9 Å². The maximum absolute atomic E-state index is 12.4. The Balaban J connectivity index is 4.16. The molecule has 0 aliphatic rings. The van der Waals surface area contributed by atoms with Gasteiger partial charge in [0.2, 0.25) is 0 Å². The Bertz CT molecular complexity index is 710. The molecule has 0 heterocycles. The summed E-state index contributed by atoms with van der Waals surface area (Å²) in [6.07, 6.45) is 30.5. The van der Waals surface area contributed by atoms with Crippen LogP contribution in [0.3, 0.4) is 0 Å². The lowest BCUT2D eigenvalue weighted by molar-refractivity contribution is -0.875. The molecule has 0 saturated heterocycles. The second-order valence-electron chi connectivity index (χ2n) is 9.95. The summed E-state index contributed by atoms with van der Waals surface area (Å²) in [7, 11) is 5.34. The summed E-state index contributed by atoms with van der Waals surface area (Å²) in [5.41, 5.74) is -1.99. The largest absolute Gasteiger partial charge is 0.550 e. The Labute approximate surface area is 207 Å². The van der Waals surface area contributed by atoms with Gasteiger partial charge in [-0.25, -0.2) is 0 Å². The first-order chi connectivity index (χ1) is 16.1. The maximum Gasteiger partial charge on any atom is 0.193 e. The molecule has 1 atom stereocenters. The van der Waals surface area contributed by atoms with Gasteiger partial charge in [0.15, 0.2) is 11.4 Å². The van der Waals surface area contributed by atoms with Crippen molar-refractivity contribution in [3.8, 4) is 0 Å². The topological polar surface area (TPSA) is 77.4 Å². The number of carboxylic acids is 1.